The van der Waals surface area contributed by atoms with Gasteiger partial charge >= 0.3 is 6.03 Å². The van der Waals surface area contributed by atoms with E-state index >= 15 is 0 Å². The average molecular weight is 423 g/mol. The molecule has 0 bridgehead atoms. The number of sulfone groups is 1. The Balaban J connectivity index is 1.45. The summed E-state index contributed by atoms with van der Waals surface area (Å²) in [4.78, 5) is 37.8. The van der Waals surface area contributed by atoms with Crippen LogP contribution in [0.1, 0.15) is 24.8 Å². The van der Waals surface area contributed by atoms with Crippen molar-refractivity contribution in [3.05, 3.63) is 29.8 Å². The molecular formula is C19H25N3O6S. The fourth-order valence-corrected chi connectivity index (χ4v) is 5.17. The zero-order valence-corrected chi connectivity index (χ0v) is 17.0. The van der Waals surface area contributed by atoms with E-state index in [2.05, 4.69) is 10.6 Å². The lowest BCUT2D eigenvalue weighted by atomic mass is 10.1. The third-order valence-electron chi connectivity index (χ3n) is 5.15. The zero-order chi connectivity index (χ0) is 21.0. The predicted molar refractivity (Wildman–Crippen MR) is 105 cm³/mol. The molecule has 1 aromatic rings. The number of nitrogens with one attached hydrogen (secondary N) is 2. The van der Waals surface area contributed by atoms with Gasteiger partial charge in [0.25, 0.3) is 5.91 Å². The quantitative estimate of drug-likeness (QED) is 0.578. The maximum Gasteiger partial charge on any atom is 0.324 e. The number of urea groups is 1. The Hall–Kier alpha value is -2.62. The first-order chi connectivity index (χ1) is 13.8. The monoisotopic (exact) mass is 423 g/mol. The van der Waals surface area contributed by atoms with Crippen LogP contribution in [0.3, 0.4) is 0 Å². The Morgan fingerprint density at radius 2 is 2.00 bits per heavy atom. The maximum atomic E-state index is 12.5. The van der Waals surface area contributed by atoms with Crippen LogP contribution in [0, 0.1) is 0 Å². The molecule has 0 saturated carbocycles. The Morgan fingerprint density at radius 3 is 2.62 bits per heavy atom. The molecule has 2 atom stereocenters. The van der Waals surface area contributed by atoms with Crippen LogP contribution >= 0.6 is 0 Å². The normalized spacial score (nSPS) is 23.1. The summed E-state index contributed by atoms with van der Waals surface area (Å²) in [6, 6.07) is 5.82. The van der Waals surface area contributed by atoms with Crippen LogP contribution < -0.4 is 15.4 Å². The van der Waals surface area contributed by atoms with Gasteiger partial charge in [-0.3, -0.25) is 14.5 Å². The van der Waals surface area contributed by atoms with E-state index in [1.165, 1.54) is 0 Å². The van der Waals surface area contributed by atoms with Gasteiger partial charge in [-0.25, -0.2) is 13.2 Å². The van der Waals surface area contributed by atoms with Crippen LogP contribution in [-0.2, 0) is 25.8 Å². The third kappa shape index (κ3) is 5.47. The number of nitrogens with zero attached hydrogens (tertiary/aromatic N) is 1. The summed E-state index contributed by atoms with van der Waals surface area (Å²) in [6.45, 7) is 0.250. The van der Waals surface area contributed by atoms with Gasteiger partial charge in [0.05, 0.1) is 18.6 Å². The number of ether oxygens (including phenoxy) is 1. The minimum atomic E-state index is -3.07. The SMILES string of the molecule is COc1ccc(CCN2C(=O)N[C@H](CCC(=O)N[C@H]3CCS(=O)(=O)C3)C2=O)cc1. The van der Waals surface area contributed by atoms with Crippen molar-refractivity contribution in [3.63, 3.8) is 0 Å². The standard InChI is InChI=1S/C19H25N3O6S/c1-28-15-4-2-13(3-5-15)8-10-22-18(24)16(21-19(22)25)6-7-17(23)20-14-9-11-29(26,27)12-14/h2-5,14,16H,6-12H2,1H3,(H,20,23)(H,21,25)/t14-,16+/m0/s1. The topological polar surface area (TPSA) is 122 Å². The molecule has 0 aliphatic carbocycles. The molecule has 158 valence electrons. The lowest BCUT2D eigenvalue weighted by Gasteiger charge is -2.14. The summed E-state index contributed by atoms with van der Waals surface area (Å²) < 4.78 is 28.0. The molecule has 0 unspecified atom stereocenters. The van der Waals surface area contributed by atoms with Crippen LogP contribution in [0.25, 0.3) is 0 Å². The Labute approximate surface area is 169 Å². The van der Waals surface area contributed by atoms with Gasteiger partial charge in [-0.15, -0.1) is 0 Å². The first kappa shape index (κ1) is 21.1. The summed E-state index contributed by atoms with van der Waals surface area (Å²) in [5.41, 5.74) is 0.973. The van der Waals surface area contributed by atoms with Gasteiger partial charge < -0.3 is 15.4 Å². The van der Waals surface area contributed by atoms with Gasteiger partial charge in [0.15, 0.2) is 9.84 Å². The lowest BCUT2D eigenvalue weighted by molar-refractivity contribution is -0.127. The average Bonchev–Trinajstić information content (AvgIpc) is 3.16. The van der Waals surface area contributed by atoms with Crippen molar-refractivity contribution in [1.29, 1.82) is 0 Å². The molecule has 2 saturated heterocycles. The summed E-state index contributed by atoms with van der Waals surface area (Å²) in [7, 11) is -1.49. The second-order valence-electron chi connectivity index (χ2n) is 7.30. The second-order valence-corrected chi connectivity index (χ2v) is 9.52. The van der Waals surface area contributed by atoms with Crippen LogP contribution in [0.15, 0.2) is 24.3 Å². The highest BCUT2D eigenvalue weighted by molar-refractivity contribution is 7.91. The van der Waals surface area contributed by atoms with E-state index in [0.717, 1.165) is 16.2 Å². The molecule has 29 heavy (non-hydrogen) atoms. The molecule has 2 aliphatic heterocycles. The molecular weight excluding hydrogens is 398 g/mol. The number of amides is 4. The van der Waals surface area contributed by atoms with E-state index in [4.69, 9.17) is 4.74 Å². The number of imide groups is 1. The molecule has 0 spiro atoms. The lowest BCUT2D eigenvalue weighted by Crippen LogP contribution is -2.37. The van der Waals surface area contributed by atoms with Crippen LogP contribution in [0.2, 0.25) is 0 Å². The van der Waals surface area contributed by atoms with Gasteiger partial charge in [0.2, 0.25) is 5.91 Å². The van der Waals surface area contributed by atoms with Crippen molar-refractivity contribution < 1.29 is 27.5 Å². The first-order valence-corrected chi connectivity index (χ1v) is 11.3. The van der Waals surface area contributed by atoms with Gasteiger partial charge in [0.1, 0.15) is 11.8 Å². The molecule has 1 aromatic carbocycles. The smallest absolute Gasteiger partial charge is 0.324 e. The van der Waals surface area contributed by atoms with Crippen molar-refractivity contribution in [2.24, 2.45) is 0 Å². The van der Waals surface area contributed by atoms with Crippen molar-refractivity contribution >= 4 is 27.7 Å². The van der Waals surface area contributed by atoms with Crippen LogP contribution in [-0.4, -0.2) is 68.4 Å². The van der Waals surface area contributed by atoms with E-state index < -0.39 is 21.9 Å². The van der Waals surface area contributed by atoms with Gasteiger partial charge in [-0.1, -0.05) is 12.1 Å². The highest BCUT2D eigenvalue weighted by Crippen LogP contribution is 2.16. The number of benzene rings is 1. The molecule has 10 heteroatoms. The van der Waals surface area contributed by atoms with Crippen LogP contribution in [0.4, 0.5) is 4.79 Å². The zero-order valence-electron chi connectivity index (χ0n) is 16.2. The third-order valence-corrected chi connectivity index (χ3v) is 6.92. The van der Waals surface area contributed by atoms with E-state index in [-0.39, 0.29) is 48.7 Å². The number of rotatable bonds is 8. The summed E-state index contributed by atoms with van der Waals surface area (Å²) in [5, 5.41) is 5.30. The highest BCUT2D eigenvalue weighted by atomic mass is 32.2. The van der Waals surface area contributed by atoms with E-state index in [9.17, 15) is 22.8 Å². The number of hydrogen-bond donors (Lipinski definition) is 2. The molecule has 4 amide bonds. The Kier molecular flexibility index (Phi) is 6.41. The molecule has 2 aliphatic rings. The fourth-order valence-electron chi connectivity index (χ4n) is 3.50. The molecule has 2 fully saturated rings. The van der Waals surface area contributed by atoms with Gasteiger partial charge in [-0.05, 0) is 37.0 Å². The number of carbonyl (C=O) groups excluding carboxylic acids is 3. The van der Waals surface area contributed by atoms with Crippen LogP contribution in [0.5, 0.6) is 5.75 Å². The van der Waals surface area contributed by atoms with E-state index in [1.807, 2.05) is 24.3 Å². The van der Waals surface area contributed by atoms with Crippen molar-refractivity contribution in [2.75, 3.05) is 25.2 Å². The number of hydrogen-bond acceptors (Lipinski definition) is 6. The second kappa shape index (κ2) is 8.81. The van der Waals surface area contributed by atoms with E-state index in [0.29, 0.717) is 12.8 Å². The highest BCUT2D eigenvalue weighted by Gasteiger charge is 2.37. The first-order valence-electron chi connectivity index (χ1n) is 9.52. The Bertz CT molecular complexity index is 884. The maximum absolute atomic E-state index is 12.5. The minimum Gasteiger partial charge on any atom is -0.497 e. The Morgan fingerprint density at radius 1 is 1.28 bits per heavy atom. The number of carbonyl (C=O) groups is 3. The molecule has 0 aromatic heterocycles. The summed E-state index contributed by atoms with van der Waals surface area (Å²) >= 11 is 0. The molecule has 0 radical (unpaired) electrons. The predicted octanol–water partition coefficient (Wildman–Crippen LogP) is 0.242. The molecule has 2 heterocycles. The molecule has 9 nitrogen and oxygen atoms in total. The van der Waals surface area contributed by atoms with Crippen molar-refractivity contribution in [3.8, 4) is 5.75 Å². The summed E-state index contributed by atoms with van der Waals surface area (Å²) in [6.07, 6.45) is 1.15. The number of methoxy groups -OCH3 is 1. The van der Waals surface area contributed by atoms with Crippen molar-refractivity contribution in [1.82, 2.24) is 15.5 Å². The minimum absolute atomic E-state index is 0.0412. The van der Waals surface area contributed by atoms with Gasteiger partial charge in [0, 0.05) is 19.0 Å². The molecule has 3 rings (SSSR count). The van der Waals surface area contributed by atoms with Crippen molar-refractivity contribution in [2.45, 2.75) is 37.8 Å². The van der Waals surface area contributed by atoms with E-state index in [1.54, 1.807) is 7.11 Å². The largest absolute Gasteiger partial charge is 0.497 e. The molecule has 2 N–H and O–H groups in total. The summed E-state index contributed by atoms with van der Waals surface area (Å²) in [5.74, 6) is 0.109. The van der Waals surface area contributed by atoms with Gasteiger partial charge in [-0.2, -0.15) is 0 Å². The fraction of sp³-hybridized carbons (Fsp3) is 0.526.